The molecule has 0 fully saturated rings. The topological polar surface area (TPSA) is 109 Å². The van der Waals surface area contributed by atoms with Gasteiger partial charge in [-0.3, -0.25) is 14.2 Å². The van der Waals surface area contributed by atoms with Crippen LogP contribution < -0.4 is 15.3 Å². The summed E-state index contributed by atoms with van der Waals surface area (Å²) in [7, 11) is -0.928. The Morgan fingerprint density at radius 1 is 1.23 bits per heavy atom. The Labute approximate surface area is 183 Å². The van der Waals surface area contributed by atoms with Gasteiger partial charge in [-0.05, 0) is 43.2 Å². The van der Waals surface area contributed by atoms with Gasteiger partial charge >= 0.3 is 5.97 Å². The van der Waals surface area contributed by atoms with Gasteiger partial charge in [-0.2, -0.15) is 0 Å². The molecule has 9 heteroatoms. The maximum Gasteiger partial charge on any atom is 0.303 e. The highest BCUT2D eigenvalue weighted by Crippen LogP contribution is 2.46. The number of nitrogens with one attached hydrogen (secondary N) is 3. The van der Waals surface area contributed by atoms with Crippen LogP contribution in [0, 0.1) is 0 Å². The minimum absolute atomic E-state index is 0.0301. The molecule has 31 heavy (non-hydrogen) atoms. The van der Waals surface area contributed by atoms with Gasteiger partial charge in [0.05, 0.1) is 19.8 Å². The normalized spacial score (nSPS) is 17.6. The first-order chi connectivity index (χ1) is 14.8. The fraction of sp³-hybridized carbons (Fsp3) is 0.455. The molecule has 170 valence electrons. The lowest BCUT2D eigenvalue weighted by molar-refractivity contribution is -0.834. The number of rotatable bonds is 13. The lowest BCUT2D eigenvalue weighted by atomic mass is 10.2. The number of carbonyl (C=O) groups excluding carboxylic acids is 1. The van der Waals surface area contributed by atoms with Crippen LogP contribution in [0.2, 0.25) is 0 Å². The van der Waals surface area contributed by atoms with E-state index in [9.17, 15) is 14.2 Å². The molecule has 1 heterocycles. The number of hydrogen-bond acceptors (Lipinski definition) is 4. The summed E-state index contributed by atoms with van der Waals surface area (Å²) in [5.41, 5.74) is 2.73. The SMILES string of the molecule is CCOP(=O)(Cc1ccc(NC(=O)CCCC(=O)O)cc1)NCCC1=CC=CC[NH+]1C. The third kappa shape index (κ3) is 9.19. The molecular weight excluding hydrogens is 417 g/mol. The van der Waals surface area contributed by atoms with Gasteiger partial charge < -0.3 is 19.8 Å². The average Bonchev–Trinajstić information content (AvgIpc) is 2.71. The summed E-state index contributed by atoms with van der Waals surface area (Å²) >= 11 is 0. The minimum Gasteiger partial charge on any atom is -0.481 e. The number of benzene rings is 1. The van der Waals surface area contributed by atoms with Crippen molar-refractivity contribution in [3.63, 3.8) is 0 Å². The molecule has 1 amide bonds. The fourth-order valence-electron chi connectivity index (χ4n) is 3.27. The van der Waals surface area contributed by atoms with Crippen molar-refractivity contribution in [2.24, 2.45) is 0 Å². The average molecular weight is 450 g/mol. The second-order valence-corrected chi connectivity index (χ2v) is 9.74. The lowest BCUT2D eigenvalue weighted by Crippen LogP contribution is -3.07. The predicted octanol–water partition coefficient (Wildman–Crippen LogP) is 2.56. The first-order valence-corrected chi connectivity index (χ1v) is 12.4. The summed E-state index contributed by atoms with van der Waals surface area (Å²) in [6, 6.07) is 7.12. The van der Waals surface area contributed by atoms with Crippen LogP contribution in [0.3, 0.4) is 0 Å². The number of allylic oxidation sites excluding steroid dienone is 2. The highest BCUT2D eigenvalue weighted by molar-refractivity contribution is 7.56. The monoisotopic (exact) mass is 450 g/mol. The van der Waals surface area contributed by atoms with Gasteiger partial charge in [0.25, 0.3) is 7.52 Å². The molecule has 1 aliphatic heterocycles. The van der Waals surface area contributed by atoms with E-state index in [4.69, 9.17) is 9.63 Å². The molecule has 0 spiro atoms. The largest absolute Gasteiger partial charge is 0.481 e. The molecule has 0 radical (unpaired) electrons. The van der Waals surface area contributed by atoms with Gasteiger partial charge in [-0.15, -0.1) is 0 Å². The molecule has 8 nitrogen and oxygen atoms in total. The molecule has 0 aliphatic carbocycles. The highest BCUT2D eigenvalue weighted by atomic mass is 31.2. The van der Waals surface area contributed by atoms with Gasteiger partial charge in [-0.25, -0.2) is 5.09 Å². The van der Waals surface area contributed by atoms with Crippen molar-refractivity contribution in [1.82, 2.24) is 5.09 Å². The summed E-state index contributed by atoms with van der Waals surface area (Å²) in [5, 5.41) is 14.5. The number of carboxylic acids is 1. The number of carbonyl (C=O) groups is 2. The molecule has 0 saturated carbocycles. The zero-order valence-electron chi connectivity index (χ0n) is 18.2. The highest BCUT2D eigenvalue weighted by Gasteiger charge is 2.23. The van der Waals surface area contributed by atoms with Crippen LogP contribution in [0.4, 0.5) is 5.69 Å². The second-order valence-electron chi connectivity index (χ2n) is 7.50. The molecule has 1 aromatic carbocycles. The van der Waals surface area contributed by atoms with Gasteiger partial charge in [0.2, 0.25) is 5.91 Å². The molecule has 0 bridgehead atoms. The molecule has 2 unspecified atom stereocenters. The fourth-order valence-corrected chi connectivity index (χ4v) is 5.13. The van der Waals surface area contributed by atoms with E-state index in [0.29, 0.717) is 25.3 Å². The Morgan fingerprint density at radius 3 is 2.61 bits per heavy atom. The van der Waals surface area contributed by atoms with Gasteiger partial charge in [0.15, 0.2) is 0 Å². The van der Waals surface area contributed by atoms with Crippen LogP contribution >= 0.6 is 7.52 Å². The molecule has 0 saturated heterocycles. The van der Waals surface area contributed by atoms with Crippen LogP contribution in [-0.4, -0.2) is 43.7 Å². The standard InChI is InChI=1S/C22H32N3O5P/c1-3-30-31(29,23-15-14-20-7-4-5-16-25(20)2)17-18-10-12-19(13-11-18)24-21(26)8-6-9-22(27)28/h4-5,7,10-13H,3,6,8-9,14-17H2,1-2H3,(H,23,29)(H,24,26)(H,27,28)/p+1. The number of hydrogen-bond donors (Lipinski definition) is 4. The number of carboxylic acid groups (broad SMARTS) is 1. The number of amides is 1. The Morgan fingerprint density at radius 2 is 1.97 bits per heavy atom. The smallest absolute Gasteiger partial charge is 0.303 e. The van der Waals surface area contributed by atoms with E-state index in [-0.39, 0.29) is 24.9 Å². The summed E-state index contributed by atoms with van der Waals surface area (Å²) in [4.78, 5) is 23.7. The molecule has 0 aromatic heterocycles. The van der Waals surface area contributed by atoms with E-state index in [1.807, 2.05) is 19.1 Å². The van der Waals surface area contributed by atoms with Gasteiger partial charge in [0, 0.05) is 31.5 Å². The first kappa shape index (κ1) is 25.0. The van der Waals surface area contributed by atoms with E-state index in [2.05, 4.69) is 35.7 Å². The first-order valence-electron chi connectivity index (χ1n) is 10.6. The Balaban J connectivity index is 1.87. The van der Waals surface area contributed by atoms with E-state index in [1.54, 1.807) is 12.1 Å². The van der Waals surface area contributed by atoms with Gasteiger partial charge in [0.1, 0.15) is 12.2 Å². The Hall–Kier alpha value is -2.25. The van der Waals surface area contributed by atoms with Crippen molar-refractivity contribution in [1.29, 1.82) is 0 Å². The Bertz CT molecular complexity index is 851. The van der Waals surface area contributed by atoms with Crippen molar-refractivity contribution < 1.29 is 28.7 Å². The number of aliphatic carboxylic acids is 1. The molecule has 1 aliphatic rings. The molecule has 2 rings (SSSR count). The zero-order valence-corrected chi connectivity index (χ0v) is 19.1. The predicted molar refractivity (Wildman–Crippen MR) is 121 cm³/mol. The lowest BCUT2D eigenvalue weighted by Gasteiger charge is -2.21. The summed E-state index contributed by atoms with van der Waals surface area (Å²) in [6.07, 6.45) is 7.75. The third-order valence-electron chi connectivity index (χ3n) is 4.91. The summed E-state index contributed by atoms with van der Waals surface area (Å²) in [6.45, 7) is 3.70. The zero-order chi connectivity index (χ0) is 22.7. The number of anilines is 1. The van der Waals surface area contributed by atoms with Gasteiger partial charge in [-0.1, -0.05) is 18.2 Å². The maximum absolute atomic E-state index is 13.3. The van der Waals surface area contributed by atoms with E-state index in [0.717, 1.165) is 18.5 Å². The van der Waals surface area contributed by atoms with Crippen LogP contribution in [0.15, 0.2) is 48.2 Å². The van der Waals surface area contributed by atoms with Crippen LogP contribution in [0.1, 0.15) is 38.2 Å². The molecule has 2 atom stereocenters. The molecule has 4 N–H and O–H groups in total. The molecular formula is C22H33N3O5P+. The molecule has 1 aromatic rings. The maximum atomic E-state index is 13.3. The number of quaternary nitrogens is 1. The van der Waals surface area contributed by atoms with Crippen LogP contribution in [0.5, 0.6) is 0 Å². The van der Waals surface area contributed by atoms with E-state index >= 15 is 0 Å². The van der Waals surface area contributed by atoms with Crippen molar-refractivity contribution >= 4 is 25.1 Å². The van der Waals surface area contributed by atoms with Crippen LogP contribution in [-0.2, 0) is 24.8 Å². The number of likely N-dealkylation sites (N-methyl/N-ethyl adjacent to an activating group) is 1. The third-order valence-corrected chi connectivity index (χ3v) is 7.08. The van der Waals surface area contributed by atoms with E-state index in [1.165, 1.54) is 10.6 Å². The van der Waals surface area contributed by atoms with E-state index < -0.39 is 13.5 Å². The minimum atomic E-state index is -3.04. The Kier molecular flexibility index (Phi) is 10.1. The summed E-state index contributed by atoms with van der Waals surface area (Å²) < 4.78 is 18.8. The quantitative estimate of drug-likeness (QED) is 0.344. The summed E-state index contributed by atoms with van der Waals surface area (Å²) in [5.74, 6) is -1.14. The van der Waals surface area contributed by atoms with Crippen molar-refractivity contribution in [2.75, 3.05) is 32.1 Å². The second kappa shape index (κ2) is 12.6. The van der Waals surface area contributed by atoms with Crippen molar-refractivity contribution in [2.45, 2.75) is 38.8 Å². The van der Waals surface area contributed by atoms with Crippen molar-refractivity contribution in [3.05, 3.63) is 53.8 Å². The van der Waals surface area contributed by atoms with Crippen LogP contribution in [0.25, 0.3) is 0 Å². The van der Waals surface area contributed by atoms with Crippen molar-refractivity contribution in [3.8, 4) is 0 Å².